The molecule has 3 aliphatic rings. The van der Waals surface area contributed by atoms with E-state index in [1.807, 2.05) is 0 Å². The second-order valence-corrected chi connectivity index (χ2v) is 9.33. The molecule has 6 nitrogen and oxygen atoms in total. The van der Waals surface area contributed by atoms with Gasteiger partial charge in [-0.25, -0.2) is 10.0 Å². The smallest absolute Gasteiger partial charge is 0.161 e. The molecule has 2 fully saturated rings. The molecule has 2 heterocycles. The summed E-state index contributed by atoms with van der Waals surface area (Å²) < 4.78 is 16.6. The zero-order valence-corrected chi connectivity index (χ0v) is 19.8. The number of fused-ring (bicyclic) bond motifs is 1. The molecule has 4 rings (SSSR count). The fourth-order valence-corrected chi connectivity index (χ4v) is 5.64. The first-order valence-electron chi connectivity index (χ1n) is 12.3. The topological polar surface area (TPSA) is 37.4 Å². The van der Waals surface area contributed by atoms with Gasteiger partial charge < -0.3 is 14.2 Å². The third-order valence-electron chi connectivity index (χ3n) is 7.41. The van der Waals surface area contributed by atoms with Gasteiger partial charge in [-0.15, -0.1) is 0 Å². The highest BCUT2D eigenvalue weighted by Crippen LogP contribution is 2.35. The van der Waals surface area contributed by atoms with Gasteiger partial charge in [0, 0.05) is 38.8 Å². The maximum absolute atomic E-state index is 5.57. The van der Waals surface area contributed by atoms with Crippen molar-refractivity contribution in [2.45, 2.75) is 51.5 Å². The van der Waals surface area contributed by atoms with E-state index in [1.165, 1.54) is 63.0 Å². The molecule has 0 spiro atoms. The molecule has 0 amide bonds. The Balaban J connectivity index is 1.35. The van der Waals surface area contributed by atoms with Gasteiger partial charge in [0.15, 0.2) is 11.5 Å². The standard InChI is InChI=1S/C25H41N3O3/c1-4-9-26(19-20-7-10-27(11-8-20)28-12-14-31-15-13-28)23-6-5-21-17-24(29-2)25(30-3)18-22(21)16-23/h17-18,20,23H,4-16,19H2,1-3H3. The minimum absolute atomic E-state index is 0.642. The van der Waals surface area contributed by atoms with Crippen LogP contribution in [0.15, 0.2) is 12.1 Å². The summed E-state index contributed by atoms with van der Waals surface area (Å²) in [6.45, 7) is 11.1. The van der Waals surface area contributed by atoms with Crippen LogP contribution in [0.1, 0.15) is 43.7 Å². The first kappa shape index (κ1) is 22.8. The molecular weight excluding hydrogens is 390 g/mol. The Bertz CT molecular complexity index is 699. The number of ether oxygens (including phenoxy) is 3. The van der Waals surface area contributed by atoms with Gasteiger partial charge in [0.1, 0.15) is 0 Å². The van der Waals surface area contributed by atoms with Crippen LogP contribution in [-0.4, -0.2) is 87.7 Å². The Morgan fingerprint density at radius 2 is 1.58 bits per heavy atom. The molecule has 0 bridgehead atoms. The van der Waals surface area contributed by atoms with Gasteiger partial charge in [-0.2, -0.15) is 0 Å². The molecule has 1 aromatic carbocycles. The van der Waals surface area contributed by atoms with Gasteiger partial charge in [-0.05, 0) is 74.2 Å². The van der Waals surface area contributed by atoms with Gasteiger partial charge in [-0.1, -0.05) is 6.92 Å². The van der Waals surface area contributed by atoms with E-state index in [-0.39, 0.29) is 0 Å². The number of nitrogens with zero attached hydrogens (tertiary/aromatic N) is 3. The first-order valence-corrected chi connectivity index (χ1v) is 12.3. The highest BCUT2D eigenvalue weighted by Gasteiger charge is 2.30. The van der Waals surface area contributed by atoms with Crippen molar-refractivity contribution in [2.75, 3.05) is 66.7 Å². The molecule has 1 unspecified atom stereocenters. The van der Waals surface area contributed by atoms with Crippen molar-refractivity contribution in [3.8, 4) is 11.5 Å². The lowest BCUT2D eigenvalue weighted by atomic mass is 9.86. The third-order valence-corrected chi connectivity index (χ3v) is 7.41. The Labute approximate surface area is 188 Å². The van der Waals surface area contributed by atoms with Crippen LogP contribution in [0.2, 0.25) is 0 Å². The monoisotopic (exact) mass is 431 g/mol. The minimum atomic E-state index is 0.642. The Kier molecular flexibility index (Phi) is 8.10. The molecule has 174 valence electrons. The highest BCUT2D eigenvalue weighted by molar-refractivity contribution is 5.48. The summed E-state index contributed by atoms with van der Waals surface area (Å²) in [5.41, 5.74) is 2.88. The second kappa shape index (κ2) is 11.0. The number of benzene rings is 1. The van der Waals surface area contributed by atoms with E-state index >= 15 is 0 Å². The third kappa shape index (κ3) is 5.54. The van der Waals surface area contributed by atoms with Crippen molar-refractivity contribution in [3.05, 3.63) is 23.3 Å². The second-order valence-electron chi connectivity index (χ2n) is 9.33. The lowest BCUT2D eigenvalue weighted by Crippen LogP contribution is -2.52. The van der Waals surface area contributed by atoms with Gasteiger partial charge in [0.2, 0.25) is 0 Å². The van der Waals surface area contributed by atoms with E-state index in [9.17, 15) is 0 Å². The van der Waals surface area contributed by atoms with Crippen LogP contribution in [0.3, 0.4) is 0 Å². The molecule has 0 saturated carbocycles. The number of hydrazine groups is 1. The number of methoxy groups -OCH3 is 2. The lowest BCUT2D eigenvalue weighted by Gasteiger charge is -2.43. The van der Waals surface area contributed by atoms with Crippen molar-refractivity contribution < 1.29 is 14.2 Å². The number of aryl methyl sites for hydroxylation is 1. The summed E-state index contributed by atoms with van der Waals surface area (Å²) in [7, 11) is 3.46. The van der Waals surface area contributed by atoms with Crippen molar-refractivity contribution in [2.24, 2.45) is 5.92 Å². The zero-order chi connectivity index (χ0) is 21.6. The molecule has 1 atom stereocenters. The molecule has 6 heteroatoms. The predicted molar refractivity (Wildman–Crippen MR) is 124 cm³/mol. The normalized spacial score (nSPS) is 23.7. The van der Waals surface area contributed by atoms with E-state index < -0.39 is 0 Å². The quantitative estimate of drug-likeness (QED) is 0.629. The van der Waals surface area contributed by atoms with E-state index in [0.29, 0.717) is 6.04 Å². The predicted octanol–water partition coefficient (Wildman–Crippen LogP) is 3.23. The molecule has 0 N–H and O–H groups in total. The summed E-state index contributed by atoms with van der Waals surface area (Å²) in [6.07, 6.45) is 7.35. The molecule has 1 aromatic rings. The van der Waals surface area contributed by atoms with Crippen LogP contribution in [0, 0.1) is 5.92 Å². The van der Waals surface area contributed by atoms with Crippen molar-refractivity contribution in [3.63, 3.8) is 0 Å². The van der Waals surface area contributed by atoms with E-state index in [0.717, 1.165) is 56.6 Å². The average molecular weight is 432 g/mol. The Hall–Kier alpha value is -1.34. The maximum atomic E-state index is 5.57. The number of hydrogen-bond donors (Lipinski definition) is 0. The minimum Gasteiger partial charge on any atom is -0.493 e. The zero-order valence-electron chi connectivity index (χ0n) is 19.8. The Morgan fingerprint density at radius 1 is 0.935 bits per heavy atom. The summed E-state index contributed by atoms with van der Waals surface area (Å²) in [6, 6.07) is 5.05. The van der Waals surface area contributed by atoms with Gasteiger partial charge in [-0.3, -0.25) is 4.90 Å². The van der Waals surface area contributed by atoms with E-state index in [1.54, 1.807) is 14.2 Å². The van der Waals surface area contributed by atoms with Gasteiger partial charge in [0.25, 0.3) is 0 Å². The van der Waals surface area contributed by atoms with Crippen LogP contribution in [0.5, 0.6) is 11.5 Å². The summed E-state index contributed by atoms with van der Waals surface area (Å²) in [5.74, 6) is 2.53. The molecule has 1 aliphatic carbocycles. The molecule has 31 heavy (non-hydrogen) atoms. The highest BCUT2D eigenvalue weighted by atomic mass is 16.5. The van der Waals surface area contributed by atoms with Gasteiger partial charge >= 0.3 is 0 Å². The largest absolute Gasteiger partial charge is 0.493 e. The van der Waals surface area contributed by atoms with Crippen LogP contribution in [0.25, 0.3) is 0 Å². The summed E-state index contributed by atoms with van der Waals surface area (Å²) >= 11 is 0. The SMILES string of the molecule is CCCN(CC1CCN(N2CCOCC2)CC1)C1CCc2cc(OC)c(OC)cc2C1. The van der Waals surface area contributed by atoms with Crippen molar-refractivity contribution >= 4 is 0 Å². The van der Waals surface area contributed by atoms with E-state index in [4.69, 9.17) is 14.2 Å². The van der Waals surface area contributed by atoms with Crippen LogP contribution < -0.4 is 9.47 Å². The molecule has 0 aromatic heterocycles. The number of morpholine rings is 1. The first-order chi connectivity index (χ1) is 15.2. The number of piperidine rings is 1. The van der Waals surface area contributed by atoms with Gasteiger partial charge in [0.05, 0.1) is 27.4 Å². The van der Waals surface area contributed by atoms with Crippen LogP contribution in [0.4, 0.5) is 0 Å². The average Bonchev–Trinajstić information content (AvgIpc) is 2.83. The molecule has 0 radical (unpaired) electrons. The van der Waals surface area contributed by atoms with Crippen LogP contribution in [-0.2, 0) is 17.6 Å². The van der Waals surface area contributed by atoms with Crippen LogP contribution >= 0.6 is 0 Å². The lowest BCUT2D eigenvalue weighted by molar-refractivity contribution is -0.105. The number of rotatable bonds is 8. The fraction of sp³-hybridized carbons (Fsp3) is 0.760. The number of hydrogen-bond acceptors (Lipinski definition) is 6. The summed E-state index contributed by atoms with van der Waals surface area (Å²) in [4.78, 5) is 2.80. The van der Waals surface area contributed by atoms with E-state index in [2.05, 4.69) is 34.0 Å². The molecule has 2 saturated heterocycles. The summed E-state index contributed by atoms with van der Waals surface area (Å²) in [5, 5.41) is 5.10. The Morgan fingerprint density at radius 3 is 2.23 bits per heavy atom. The molecular formula is C25H41N3O3. The fourth-order valence-electron chi connectivity index (χ4n) is 5.64. The maximum Gasteiger partial charge on any atom is 0.161 e. The molecule has 2 aliphatic heterocycles. The van der Waals surface area contributed by atoms with Crippen molar-refractivity contribution in [1.82, 2.24) is 14.9 Å². The van der Waals surface area contributed by atoms with Crippen molar-refractivity contribution in [1.29, 1.82) is 0 Å².